The molecule has 0 atom stereocenters. The lowest BCUT2D eigenvalue weighted by molar-refractivity contribution is 0.198. The Morgan fingerprint density at radius 1 is 0.449 bits per heavy atom. The van der Waals surface area contributed by atoms with Crippen LogP contribution in [0.3, 0.4) is 0 Å². The van der Waals surface area contributed by atoms with E-state index >= 15 is 0 Å². The van der Waals surface area contributed by atoms with Gasteiger partial charge in [-0.1, -0.05) is 70.1 Å². The number of halogens is 10. The molecule has 3 fully saturated rings. The number of aromatic amines is 1. The van der Waals surface area contributed by atoms with Gasteiger partial charge < -0.3 is 33.8 Å². The standard InChI is InChI=1S/C24H22F2N6O2.C19H11ClF2N4O2.C19H12F2N4O3.C5H12N2.C4H8O.Cl3OP/c1-30-7-9-31(10-8-30)24-27-23(29-34-24)17-4-2-3-16(11-17)15-32-22(33)6-5-21(28-32)18-12-19(25)14-20(26)13-18;20-19-23-18(25-28-19)12-3-1-2-11(6-12)10-26-17(27)5-4-16(24-26)13-7-14(21)9-15(22)8-13;20-14-7-13(8-15(21)9-14)16-4-5-17(26)25(23-16)10-11-2-1-3-12(6-11)18-22-19(27)28-24-18;1-7-4-2-6-3-5-7;1-2-4-5-3-1;1-5(2,3)4/h2-6,11-14H,7-10,15H2,1H3;1-9H,10H2;1-9H,10H2,(H,22,24,27);6H,2-5H2,1H3;1-4H2;. The molecule has 0 radical (unpaired) electrons. The first-order chi connectivity index (χ1) is 51.3. The van der Waals surface area contributed by atoms with E-state index in [-0.39, 0.29) is 75.6 Å². The molecule has 0 saturated carbocycles. The molecular formula is C71H65Cl4F6N16O9P. The second-order valence-corrected chi connectivity index (χ2v) is 31.0. The van der Waals surface area contributed by atoms with Crippen molar-refractivity contribution < 1.29 is 49.2 Å². The van der Waals surface area contributed by atoms with Crippen LogP contribution in [-0.4, -0.2) is 149 Å². The molecule has 6 aromatic heterocycles. The molecule has 36 heteroatoms. The van der Waals surface area contributed by atoms with E-state index in [9.17, 15) is 50.1 Å². The van der Waals surface area contributed by atoms with Crippen molar-refractivity contribution in [3.8, 4) is 67.9 Å². The molecule has 2 N–H and O–H groups in total. The summed E-state index contributed by atoms with van der Waals surface area (Å²) in [5.41, 5.74) is 4.73. The maximum absolute atomic E-state index is 13.6. The van der Waals surface area contributed by atoms with Crippen LogP contribution in [0, 0.1) is 34.9 Å². The molecule has 558 valence electrons. The first kappa shape index (κ1) is 79.4. The SMILES string of the molecule is C1CCOC1.CN1CCN(c2nc(-c3cccc(Cn4nc(-c5cc(F)cc(F)c5)ccc4=O)c3)no2)CC1.CN1CCNCC1.O=P(Cl)(Cl)Cl.O=c1[nH]c(-c2cccc(Cn3nc(-c4cc(F)cc(F)c4)ccc3=O)c2)no1.O=c1ccc(-c2cc(F)cc(F)c2)nn1Cc1cccc(-c2noc(Cl)n2)c1. The third kappa shape index (κ3) is 24.7. The lowest BCUT2D eigenvalue weighted by Crippen LogP contribution is -2.44. The monoisotopic (exact) mass is 1570 g/mol. The molecular weight excluding hydrogens is 1510 g/mol. The van der Waals surface area contributed by atoms with Crippen LogP contribution in [0.4, 0.5) is 32.4 Å². The highest BCUT2D eigenvalue weighted by Gasteiger charge is 2.21. The minimum Gasteiger partial charge on any atom is -0.381 e. The molecule has 9 heterocycles. The van der Waals surface area contributed by atoms with Crippen molar-refractivity contribution in [3.05, 3.63) is 262 Å². The normalized spacial score (nSPS) is 13.7. The third-order valence-corrected chi connectivity index (χ3v) is 16.0. The van der Waals surface area contributed by atoms with Gasteiger partial charge in [0.2, 0.25) is 11.6 Å². The fourth-order valence-corrected chi connectivity index (χ4v) is 10.7. The highest BCUT2D eigenvalue weighted by molar-refractivity contribution is 8.24. The number of rotatable bonds is 13. The number of benzene rings is 6. The van der Waals surface area contributed by atoms with Gasteiger partial charge in [-0.05, 0) is 162 Å². The molecule has 3 aliphatic rings. The van der Waals surface area contributed by atoms with Crippen LogP contribution in [0.15, 0.2) is 197 Å². The van der Waals surface area contributed by atoms with Gasteiger partial charge in [-0.25, -0.2) is 45.2 Å². The van der Waals surface area contributed by atoms with Gasteiger partial charge >= 0.3 is 22.3 Å². The summed E-state index contributed by atoms with van der Waals surface area (Å²) >= 11 is 19.5. The summed E-state index contributed by atoms with van der Waals surface area (Å²) in [5, 5.41) is 24.2. The third-order valence-electron chi connectivity index (χ3n) is 15.8. The second kappa shape index (κ2) is 37.9. The Hall–Kier alpha value is -10.2. The number of H-pyrrole nitrogens is 1. The fourth-order valence-electron chi connectivity index (χ4n) is 10.6. The van der Waals surface area contributed by atoms with Crippen LogP contribution in [0.1, 0.15) is 29.5 Å². The summed E-state index contributed by atoms with van der Waals surface area (Å²) in [6.45, 7) is 10.7. The summed E-state index contributed by atoms with van der Waals surface area (Å²) in [7, 11) is 4.23. The zero-order valence-corrected chi connectivity index (χ0v) is 60.8. The zero-order chi connectivity index (χ0) is 76.2. The maximum atomic E-state index is 13.6. The van der Waals surface area contributed by atoms with Crippen LogP contribution in [0.2, 0.25) is 5.35 Å². The van der Waals surface area contributed by atoms with Crippen LogP contribution in [-0.2, 0) is 28.9 Å². The molecule has 6 aromatic carbocycles. The fraction of sp³-hybridized carbons (Fsp3) is 0.239. The molecule has 3 aliphatic heterocycles. The number of ether oxygens (including phenoxy) is 1. The van der Waals surface area contributed by atoms with Gasteiger partial charge in [0.05, 0.1) is 36.7 Å². The smallest absolute Gasteiger partial charge is 0.381 e. The van der Waals surface area contributed by atoms with Gasteiger partial charge in [0.15, 0.2) is 5.82 Å². The molecule has 0 amide bonds. The number of piperazine rings is 2. The topological polar surface area (TPSA) is 289 Å². The van der Waals surface area contributed by atoms with E-state index in [2.05, 4.69) is 118 Å². The van der Waals surface area contributed by atoms with E-state index < -0.39 is 45.9 Å². The Morgan fingerprint density at radius 2 is 0.832 bits per heavy atom. The Morgan fingerprint density at radius 3 is 1.19 bits per heavy atom. The lowest BCUT2D eigenvalue weighted by atomic mass is 10.1. The van der Waals surface area contributed by atoms with Crippen molar-refractivity contribution in [2.45, 2.75) is 32.5 Å². The molecule has 25 nitrogen and oxygen atoms in total. The molecule has 15 rings (SSSR count). The average Bonchev–Trinajstić information content (AvgIpc) is 1.76. The quantitative estimate of drug-likeness (QED) is 0.0801. The summed E-state index contributed by atoms with van der Waals surface area (Å²) in [6.07, 6.45) is 2.56. The van der Waals surface area contributed by atoms with Crippen LogP contribution in [0.25, 0.3) is 67.9 Å². The average molecular weight is 1570 g/mol. The minimum absolute atomic E-state index is 0.0756. The predicted molar refractivity (Wildman–Crippen MR) is 391 cm³/mol. The van der Waals surface area contributed by atoms with Gasteiger partial charge in [-0.3, -0.25) is 28.5 Å². The van der Waals surface area contributed by atoms with E-state index in [1.165, 1.54) is 88.5 Å². The molecule has 12 aromatic rings. The molecule has 3 saturated heterocycles. The Bertz CT molecular complexity index is 5220. The highest BCUT2D eigenvalue weighted by atomic mass is 36.0. The first-order valence-corrected chi connectivity index (χ1v) is 37.5. The summed E-state index contributed by atoms with van der Waals surface area (Å²) < 4.78 is 114. The van der Waals surface area contributed by atoms with Crippen LogP contribution < -0.4 is 32.7 Å². The summed E-state index contributed by atoms with van der Waals surface area (Å²) in [4.78, 5) is 65.5. The largest absolute Gasteiger partial charge is 0.439 e. The number of nitrogens with zero attached hydrogens (tertiary/aromatic N) is 14. The number of hydrogen-bond donors (Lipinski definition) is 2. The number of likely N-dealkylation sites (N-methyl/N-ethyl adjacent to an activating group) is 2. The maximum Gasteiger partial charge on any atom is 0.439 e. The molecule has 0 aliphatic carbocycles. The van der Waals surface area contributed by atoms with E-state index in [4.69, 9.17) is 25.4 Å². The molecule has 0 bridgehead atoms. The van der Waals surface area contributed by atoms with Gasteiger partial charge in [0.1, 0.15) is 34.9 Å². The Balaban J connectivity index is 0.000000154. The molecule has 0 unspecified atom stereocenters. The number of aromatic nitrogens is 12. The molecule has 107 heavy (non-hydrogen) atoms. The Kier molecular flexibility index (Phi) is 28.1. The van der Waals surface area contributed by atoms with Gasteiger partial charge in [-0.2, -0.15) is 25.3 Å². The minimum atomic E-state index is -3.22. The van der Waals surface area contributed by atoms with Crippen molar-refractivity contribution in [2.24, 2.45) is 0 Å². The summed E-state index contributed by atoms with van der Waals surface area (Å²) in [6, 6.07) is 39.4. The molecule has 0 spiro atoms. The lowest BCUT2D eigenvalue weighted by Gasteiger charge is -2.30. The van der Waals surface area contributed by atoms with Crippen LogP contribution in [0.5, 0.6) is 0 Å². The predicted octanol–water partition coefficient (Wildman–Crippen LogP) is 12.7. The van der Waals surface area contributed by atoms with Crippen molar-refractivity contribution in [1.29, 1.82) is 0 Å². The first-order valence-electron chi connectivity index (χ1n) is 32.7. The zero-order valence-electron chi connectivity index (χ0n) is 56.9. The van der Waals surface area contributed by atoms with Crippen LogP contribution >= 0.6 is 50.5 Å². The van der Waals surface area contributed by atoms with Crippen molar-refractivity contribution in [3.63, 3.8) is 0 Å². The van der Waals surface area contributed by atoms with Crippen molar-refractivity contribution in [1.82, 2.24) is 74.9 Å². The van der Waals surface area contributed by atoms with E-state index in [0.717, 1.165) is 112 Å². The number of anilines is 1. The van der Waals surface area contributed by atoms with Gasteiger partial charge in [0, 0.05) is 135 Å². The van der Waals surface area contributed by atoms with E-state index in [0.29, 0.717) is 40.0 Å². The van der Waals surface area contributed by atoms with Gasteiger partial charge in [-0.15, -0.1) is 0 Å². The van der Waals surface area contributed by atoms with E-state index in [1.54, 1.807) is 48.5 Å². The number of hydrogen-bond acceptors (Lipinski definition) is 21. The Labute approximate surface area is 624 Å². The van der Waals surface area contributed by atoms with Crippen molar-refractivity contribution in [2.75, 3.05) is 84.6 Å². The number of nitrogens with one attached hydrogen (secondary N) is 2. The highest BCUT2D eigenvalue weighted by Crippen LogP contribution is 2.61. The second-order valence-electron chi connectivity index (χ2n) is 24.0. The van der Waals surface area contributed by atoms with Gasteiger partial charge in [0.25, 0.3) is 16.7 Å². The van der Waals surface area contributed by atoms with E-state index in [1.807, 2.05) is 24.3 Å². The summed E-state index contributed by atoms with van der Waals surface area (Å²) in [5.74, 6) is -3.97. The van der Waals surface area contributed by atoms with Crippen molar-refractivity contribution >= 4 is 56.5 Å².